The minimum atomic E-state index is -3.16. The normalized spacial score (nSPS) is 15.7. The standard InChI is InChI=1S/C16H9F4N5/c17-15(18)13-9(4-21)12(10(5-22)14(24-13)16(19)20)7-1-2-11-8(3-7)6-23-25-11/h1-3,6,12,15-16,24H,(H,23,25). The van der Waals surface area contributed by atoms with Crippen molar-refractivity contribution < 1.29 is 17.6 Å². The predicted octanol–water partition coefficient (Wildman–Crippen LogP) is 3.34. The third-order valence-corrected chi connectivity index (χ3v) is 3.90. The van der Waals surface area contributed by atoms with Gasteiger partial charge in [0.1, 0.15) is 0 Å². The van der Waals surface area contributed by atoms with Crippen molar-refractivity contribution in [3.8, 4) is 12.1 Å². The highest BCUT2D eigenvalue weighted by Crippen LogP contribution is 2.40. The first-order valence-corrected chi connectivity index (χ1v) is 7.02. The molecule has 0 atom stereocenters. The van der Waals surface area contributed by atoms with E-state index in [9.17, 15) is 28.1 Å². The molecule has 1 aromatic carbocycles. The molecular weight excluding hydrogens is 338 g/mol. The average molecular weight is 347 g/mol. The van der Waals surface area contributed by atoms with Crippen molar-refractivity contribution in [3.05, 3.63) is 52.5 Å². The first kappa shape index (κ1) is 16.5. The van der Waals surface area contributed by atoms with E-state index in [1.807, 2.05) is 5.32 Å². The lowest BCUT2D eigenvalue weighted by atomic mass is 9.81. The Morgan fingerprint density at radius 3 is 2.12 bits per heavy atom. The number of fused-ring (bicyclic) bond motifs is 1. The van der Waals surface area contributed by atoms with E-state index in [4.69, 9.17) is 0 Å². The van der Waals surface area contributed by atoms with Crippen LogP contribution in [0.4, 0.5) is 17.6 Å². The number of hydrogen-bond donors (Lipinski definition) is 2. The van der Waals surface area contributed by atoms with E-state index in [0.29, 0.717) is 10.9 Å². The molecule has 0 amide bonds. The number of nitrogens with zero attached hydrogens (tertiary/aromatic N) is 3. The molecule has 1 aromatic heterocycles. The van der Waals surface area contributed by atoms with E-state index in [0.717, 1.165) is 0 Å². The first-order chi connectivity index (χ1) is 12.0. The quantitative estimate of drug-likeness (QED) is 0.834. The second-order valence-electron chi connectivity index (χ2n) is 5.25. The van der Waals surface area contributed by atoms with Gasteiger partial charge in [0.2, 0.25) is 0 Å². The average Bonchev–Trinajstić information content (AvgIpc) is 3.06. The number of benzene rings is 1. The van der Waals surface area contributed by atoms with Gasteiger partial charge in [-0.2, -0.15) is 15.6 Å². The summed E-state index contributed by atoms with van der Waals surface area (Å²) in [7, 11) is 0. The number of aromatic nitrogens is 2. The summed E-state index contributed by atoms with van der Waals surface area (Å²) in [5, 5.41) is 27.7. The summed E-state index contributed by atoms with van der Waals surface area (Å²) < 4.78 is 53.1. The van der Waals surface area contributed by atoms with Gasteiger partial charge < -0.3 is 5.32 Å². The number of alkyl halides is 4. The van der Waals surface area contributed by atoms with Crippen molar-refractivity contribution in [2.24, 2.45) is 0 Å². The molecule has 1 aliphatic rings. The van der Waals surface area contributed by atoms with Gasteiger partial charge in [-0.1, -0.05) is 6.07 Å². The summed E-state index contributed by atoms with van der Waals surface area (Å²) in [6.07, 6.45) is -4.86. The van der Waals surface area contributed by atoms with Crippen LogP contribution < -0.4 is 5.32 Å². The number of allylic oxidation sites excluding steroid dienone is 4. The zero-order valence-corrected chi connectivity index (χ0v) is 12.4. The highest BCUT2D eigenvalue weighted by atomic mass is 19.3. The van der Waals surface area contributed by atoms with Gasteiger partial charge in [-0.3, -0.25) is 5.10 Å². The summed E-state index contributed by atoms with van der Waals surface area (Å²) in [6.45, 7) is 0. The van der Waals surface area contributed by atoms with Crippen molar-refractivity contribution in [1.29, 1.82) is 10.5 Å². The van der Waals surface area contributed by atoms with Crippen LogP contribution in [-0.4, -0.2) is 23.0 Å². The van der Waals surface area contributed by atoms with Crippen molar-refractivity contribution in [2.45, 2.75) is 18.8 Å². The van der Waals surface area contributed by atoms with Crippen molar-refractivity contribution in [1.82, 2.24) is 15.5 Å². The minimum Gasteiger partial charge on any atom is -0.351 e. The van der Waals surface area contributed by atoms with Crippen molar-refractivity contribution in [3.63, 3.8) is 0 Å². The van der Waals surface area contributed by atoms with Gasteiger partial charge in [0.15, 0.2) is 0 Å². The monoisotopic (exact) mass is 347 g/mol. The Kier molecular flexibility index (Phi) is 4.15. The van der Waals surface area contributed by atoms with E-state index in [-0.39, 0.29) is 5.56 Å². The van der Waals surface area contributed by atoms with Crippen LogP contribution in [-0.2, 0) is 0 Å². The van der Waals surface area contributed by atoms with Crippen LogP contribution in [0.5, 0.6) is 0 Å². The molecular formula is C16H9F4N5. The van der Waals surface area contributed by atoms with Crippen LogP contribution in [0.2, 0.25) is 0 Å². The number of H-pyrrole nitrogens is 1. The largest absolute Gasteiger partial charge is 0.351 e. The molecule has 0 aliphatic carbocycles. The molecule has 0 spiro atoms. The summed E-state index contributed by atoms with van der Waals surface area (Å²) in [4.78, 5) is 0. The van der Waals surface area contributed by atoms with Crippen LogP contribution in [0.15, 0.2) is 46.9 Å². The number of hydrogen-bond acceptors (Lipinski definition) is 4. The molecule has 0 fully saturated rings. The molecule has 0 unspecified atom stereocenters. The number of rotatable bonds is 3. The molecule has 0 bridgehead atoms. The zero-order valence-electron chi connectivity index (χ0n) is 12.4. The topological polar surface area (TPSA) is 88.3 Å². The number of dihydropyridines is 1. The van der Waals surface area contributed by atoms with Crippen LogP contribution in [0.1, 0.15) is 11.5 Å². The minimum absolute atomic E-state index is 0.278. The summed E-state index contributed by atoms with van der Waals surface area (Å²) in [6, 6.07) is 7.85. The molecule has 9 heteroatoms. The van der Waals surface area contributed by atoms with Gasteiger partial charge >= 0.3 is 0 Å². The van der Waals surface area contributed by atoms with Crippen LogP contribution >= 0.6 is 0 Å². The first-order valence-electron chi connectivity index (χ1n) is 7.02. The Hall–Kier alpha value is -3.33. The van der Waals surface area contributed by atoms with Gasteiger partial charge in [-0.05, 0) is 17.7 Å². The van der Waals surface area contributed by atoms with Gasteiger partial charge in [-0.25, -0.2) is 17.6 Å². The molecule has 3 rings (SSSR count). The number of nitriles is 2. The maximum Gasteiger partial charge on any atom is 0.279 e. The molecule has 2 heterocycles. The lowest BCUT2D eigenvalue weighted by Crippen LogP contribution is -2.32. The maximum atomic E-state index is 13.3. The SMILES string of the molecule is N#CC1=C(C(F)F)NC(C(F)F)=C(C#N)C1c1ccc2[nH]ncc2c1. The third kappa shape index (κ3) is 2.70. The Balaban J connectivity index is 2.27. The third-order valence-electron chi connectivity index (χ3n) is 3.90. The molecule has 2 aromatic rings. The van der Waals surface area contributed by atoms with Crippen LogP contribution in [0.25, 0.3) is 10.9 Å². The fraction of sp³-hybridized carbons (Fsp3) is 0.188. The Bertz CT molecular complexity index is 932. The van der Waals surface area contributed by atoms with Crippen LogP contribution in [0, 0.1) is 22.7 Å². The molecule has 2 N–H and O–H groups in total. The summed E-state index contributed by atoms with van der Waals surface area (Å²) >= 11 is 0. The Morgan fingerprint density at radius 2 is 1.60 bits per heavy atom. The summed E-state index contributed by atoms with van der Waals surface area (Å²) in [5.74, 6) is -1.30. The molecule has 25 heavy (non-hydrogen) atoms. The molecule has 0 saturated carbocycles. The zero-order chi connectivity index (χ0) is 18.1. The fourth-order valence-electron chi connectivity index (χ4n) is 2.80. The Morgan fingerprint density at radius 1 is 1.00 bits per heavy atom. The van der Waals surface area contributed by atoms with E-state index in [1.54, 1.807) is 18.2 Å². The fourth-order valence-corrected chi connectivity index (χ4v) is 2.80. The second kappa shape index (κ2) is 6.29. The van der Waals surface area contributed by atoms with E-state index in [1.165, 1.54) is 18.3 Å². The highest BCUT2D eigenvalue weighted by molar-refractivity contribution is 5.79. The molecule has 0 saturated heterocycles. The predicted molar refractivity (Wildman–Crippen MR) is 79.3 cm³/mol. The van der Waals surface area contributed by atoms with Gasteiger partial charge in [-0.15, -0.1) is 0 Å². The van der Waals surface area contributed by atoms with Crippen molar-refractivity contribution >= 4 is 10.9 Å². The molecule has 126 valence electrons. The van der Waals surface area contributed by atoms with Crippen molar-refractivity contribution in [2.75, 3.05) is 0 Å². The van der Waals surface area contributed by atoms with E-state index < -0.39 is 41.3 Å². The second-order valence-corrected chi connectivity index (χ2v) is 5.25. The molecule has 1 aliphatic heterocycles. The lowest BCUT2D eigenvalue weighted by molar-refractivity contribution is 0.159. The van der Waals surface area contributed by atoms with Crippen LogP contribution in [0.3, 0.4) is 0 Å². The van der Waals surface area contributed by atoms with Gasteiger partial charge in [0.25, 0.3) is 12.9 Å². The van der Waals surface area contributed by atoms with Gasteiger partial charge in [0.05, 0.1) is 52.3 Å². The number of nitrogens with one attached hydrogen (secondary N) is 2. The van der Waals surface area contributed by atoms with E-state index in [2.05, 4.69) is 10.2 Å². The maximum absolute atomic E-state index is 13.3. The lowest BCUT2D eigenvalue weighted by Gasteiger charge is -2.28. The molecule has 0 radical (unpaired) electrons. The Labute approximate surface area is 138 Å². The smallest absolute Gasteiger partial charge is 0.279 e. The van der Waals surface area contributed by atoms with Gasteiger partial charge in [0, 0.05) is 5.39 Å². The highest BCUT2D eigenvalue weighted by Gasteiger charge is 2.37. The van der Waals surface area contributed by atoms with E-state index >= 15 is 0 Å². The molecule has 5 nitrogen and oxygen atoms in total. The number of halogens is 4. The number of aromatic amines is 1. The summed E-state index contributed by atoms with van der Waals surface area (Å²) in [5.41, 5.74) is -1.81.